The van der Waals surface area contributed by atoms with Crippen LogP contribution in [0.3, 0.4) is 0 Å². The van der Waals surface area contributed by atoms with Crippen LogP contribution in [0.15, 0.2) is 36.4 Å². The first-order chi connectivity index (χ1) is 25.3. The molecule has 2 aromatic carbocycles. The molecule has 0 radical (unpaired) electrons. The molecular formula is C38H50ClN3O11. The van der Waals surface area contributed by atoms with E-state index < -0.39 is 66.8 Å². The van der Waals surface area contributed by atoms with Crippen molar-refractivity contribution in [3.63, 3.8) is 0 Å². The predicted octanol–water partition coefficient (Wildman–Crippen LogP) is 2.31. The number of phenolic OH excluding ortho intramolecular Hbond substituents is 1. The number of nitrogens with one attached hydrogen (secondary N) is 3. The largest absolute Gasteiger partial charge is 0.506 e. The SMILES string of the molecule is CC(=O)NC1C2O[C@](C(=O)O)(CCCc3cccc(c3)C(NC(=O)C3CCCOC3)CCCCc3cc(cc(Cl)c3O)C(=O)NC[C@@H](O)C2O)C[C@@H]1O. The fourth-order valence-corrected chi connectivity index (χ4v) is 7.79. The van der Waals surface area contributed by atoms with Crippen molar-refractivity contribution in [3.05, 3.63) is 63.7 Å². The first-order valence-corrected chi connectivity index (χ1v) is 18.6. The number of carboxylic acid groups (broad SMARTS) is 1. The highest BCUT2D eigenvalue weighted by atomic mass is 35.5. The highest BCUT2D eigenvalue weighted by molar-refractivity contribution is 6.32. The van der Waals surface area contributed by atoms with Gasteiger partial charge in [-0.05, 0) is 80.2 Å². The van der Waals surface area contributed by atoms with E-state index in [1.54, 1.807) is 0 Å². The molecule has 2 fully saturated rings. The average molecular weight is 760 g/mol. The minimum absolute atomic E-state index is 0.0490. The number of benzene rings is 2. The molecule has 2 saturated heterocycles. The molecule has 8 atom stereocenters. The third-order valence-electron chi connectivity index (χ3n) is 10.5. The van der Waals surface area contributed by atoms with Crippen LogP contribution in [-0.4, -0.2) is 105 Å². The van der Waals surface area contributed by atoms with E-state index in [9.17, 15) is 44.7 Å². The number of amides is 3. The lowest BCUT2D eigenvalue weighted by Crippen LogP contribution is -2.67. The molecule has 3 amide bonds. The molecule has 6 bridgehead atoms. The Balaban J connectivity index is 1.47. The second-order valence-corrected chi connectivity index (χ2v) is 14.8. The number of β-amino-alcohol motifs (C(OH)–C–C–N with tert-alkyl or cyclic N) is 1. The van der Waals surface area contributed by atoms with Crippen LogP contribution >= 0.6 is 11.6 Å². The minimum Gasteiger partial charge on any atom is -0.506 e. The van der Waals surface area contributed by atoms with Crippen molar-refractivity contribution in [2.45, 2.75) is 113 Å². The summed E-state index contributed by atoms with van der Waals surface area (Å²) >= 11 is 6.31. The number of aliphatic hydroxyl groups excluding tert-OH is 3. The van der Waals surface area contributed by atoms with Crippen LogP contribution < -0.4 is 16.0 Å². The molecular weight excluding hydrogens is 710 g/mol. The van der Waals surface area contributed by atoms with E-state index in [0.717, 1.165) is 24.0 Å². The molecule has 0 saturated carbocycles. The van der Waals surface area contributed by atoms with Crippen molar-refractivity contribution in [2.24, 2.45) is 5.92 Å². The molecule has 3 aliphatic heterocycles. The number of ether oxygens (including phenoxy) is 2. The lowest BCUT2D eigenvalue weighted by atomic mass is 9.80. The number of hydrogen-bond acceptors (Lipinski definition) is 10. The topological polar surface area (TPSA) is 224 Å². The van der Waals surface area contributed by atoms with Gasteiger partial charge in [-0.15, -0.1) is 0 Å². The van der Waals surface area contributed by atoms with E-state index >= 15 is 0 Å². The molecule has 0 aliphatic carbocycles. The number of hydrogen-bond donors (Lipinski definition) is 8. The van der Waals surface area contributed by atoms with E-state index in [1.807, 2.05) is 24.3 Å². The summed E-state index contributed by atoms with van der Waals surface area (Å²) < 4.78 is 11.6. The molecule has 290 valence electrons. The molecule has 3 aliphatic rings. The molecule has 0 aromatic heterocycles. The summed E-state index contributed by atoms with van der Waals surface area (Å²) in [6, 6.07) is 8.83. The number of carboxylic acids is 1. The number of aliphatic carboxylic acids is 1. The van der Waals surface area contributed by atoms with Gasteiger partial charge in [0.2, 0.25) is 11.8 Å². The van der Waals surface area contributed by atoms with Gasteiger partial charge in [0.25, 0.3) is 5.91 Å². The van der Waals surface area contributed by atoms with Crippen molar-refractivity contribution in [1.82, 2.24) is 16.0 Å². The van der Waals surface area contributed by atoms with Gasteiger partial charge in [-0.1, -0.05) is 42.3 Å². The van der Waals surface area contributed by atoms with Gasteiger partial charge in [0.1, 0.15) is 18.0 Å². The second-order valence-electron chi connectivity index (χ2n) is 14.4. The number of carbonyl (C=O) groups is 4. The summed E-state index contributed by atoms with van der Waals surface area (Å²) in [5, 5.41) is 62.9. The first kappa shape index (κ1) is 40.4. The van der Waals surface area contributed by atoms with E-state index in [2.05, 4.69) is 16.0 Å². The van der Waals surface area contributed by atoms with E-state index in [0.29, 0.717) is 57.3 Å². The first-order valence-electron chi connectivity index (χ1n) is 18.3. The van der Waals surface area contributed by atoms with E-state index in [4.69, 9.17) is 21.1 Å². The number of carbonyl (C=O) groups excluding carboxylic acids is 3. The lowest BCUT2D eigenvalue weighted by molar-refractivity contribution is -0.229. The smallest absolute Gasteiger partial charge is 0.336 e. The Morgan fingerprint density at radius 1 is 0.981 bits per heavy atom. The number of rotatable bonds is 4. The van der Waals surface area contributed by atoms with Gasteiger partial charge in [-0.25, -0.2) is 4.79 Å². The molecule has 5 unspecified atom stereocenters. The average Bonchev–Trinajstić information content (AvgIpc) is 3.13. The predicted molar refractivity (Wildman–Crippen MR) is 192 cm³/mol. The molecule has 53 heavy (non-hydrogen) atoms. The highest BCUT2D eigenvalue weighted by Gasteiger charge is 2.54. The molecule has 5 rings (SSSR count). The molecule has 2 aromatic rings. The monoisotopic (exact) mass is 759 g/mol. The van der Waals surface area contributed by atoms with Crippen molar-refractivity contribution < 1.29 is 54.2 Å². The van der Waals surface area contributed by atoms with Crippen molar-refractivity contribution in [3.8, 4) is 5.75 Å². The van der Waals surface area contributed by atoms with Crippen molar-refractivity contribution in [1.29, 1.82) is 0 Å². The lowest BCUT2D eigenvalue weighted by Gasteiger charge is -2.47. The Hall–Kier alpha value is -3.79. The molecule has 8 N–H and O–H groups in total. The summed E-state index contributed by atoms with van der Waals surface area (Å²) in [6.45, 7) is 1.66. The number of aryl methyl sites for hydroxylation is 2. The summed E-state index contributed by atoms with van der Waals surface area (Å²) in [6.07, 6.45) is -2.60. The second kappa shape index (κ2) is 18.0. The summed E-state index contributed by atoms with van der Waals surface area (Å²) in [5.41, 5.74) is 0.299. The Kier molecular flexibility index (Phi) is 13.7. The number of phenols is 1. The van der Waals surface area contributed by atoms with Gasteiger partial charge in [-0.2, -0.15) is 0 Å². The fourth-order valence-electron chi connectivity index (χ4n) is 7.55. The molecule has 15 heteroatoms. The van der Waals surface area contributed by atoms with Gasteiger partial charge >= 0.3 is 5.97 Å². The van der Waals surface area contributed by atoms with Gasteiger partial charge < -0.3 is 51.0 Å². The minimum atomic E-state index is -1.98. The number of aliphatic hydroxyl groups is 3. The highest BCUT2D eigenvalue weighted by Crippen LogP contribution is 2.37. The maximum absolute atomic E-state index is 13.4. The zero-order chi connectivity index (χ0) is 38.3. The Labute approximate surface area is 313 Å². The molecule has 3 heterocycles. The summed E-state index contributed by atoms with van der Waals surface area (Å²) in [7, 11) is 0. The van der Waals surface area contributed by atoms with Gasteiger partial charge in [0.15, 0.2) is 5.60 Å². The van der Waals surface area contributed by atoms with E-state index in [-0.39, 0.29) is 40.6 Å². The zero-order valence-electron chi connectivity index (χ0n) is 29.8. The van der Waals surface area contributed by atoms with Crippen LogP contribution in [0.4, 0.5) is 0 Å². The quantitative estimate of drug-likeness (QED) is 0.226. The molecule has 14 nitrogen and oxygen atoms in total. The Morgan fingerprint density at radius 3 is 2.49 bits per heavy atom. The van der Waals surface area contributed by atoms with E-state index in [1.165, 1.54) is 19.1 Å². The van der Waals surface area contributed by atoms with Gasteiger partial charge in [-0.3, -0.25) is 14.4 Å². The van der Waals surface area contributed by atoms with Crippen LogP contribution in [0.5, 0.6) is 5.75 Å². The maximum Gasteiger partial charge on any atom is 0.336 e. The normalized spacial score (nSPS) is 30.4. The Bertz CT molecular complexity index is 1640. The standard InChI is InChI=1S/C38H50ClN3O11/c1-21(43)41-31-29(44)18-38(37(50)51)13-5-8-22-7-4-10-23(15-22)28(42-36(49)25-11-6-14-52-20-25)12-3-2-9-24-16-26(17-27(39)32(24)46)35(48)40-19-30(45)33(47)34(31)53-38/h4,7,10,15-17,25,28-31,33-34,44-47H,2-3,5-6,8-9,11-14,18-20H2,1H3,(H,40,48)(H,41,43)(H,42,49)(H,50,51)/t25?,28?,29-,30+,31?,33?,34?,38+/m0/s1. The number of halogens is 1. The summed E-state index contributed by atoms with van der Waals surface area (Å²) in [4.78, 5) is 51.5. The van der Waals surface area contributed by atoms with Gasteiger partial charge in [0.05, 0.1) is 41.8 Å². The Morgan fingerprint density at radius 2 is 1.77 bits per heavy atom. The van der Waals surface area contributed by atoms with Crippen LogP contribution in [0.1, 0.15) is 91.4 Å². The summed E-state index contributed by atoms with van der Waals surface area (Å²) in [5.74, 6) is -3.15. The third kappa shape index (κ3) is 10.0. The van der Waals surface area contributed by atoms with Crippen molar-refractivity contribution in [2.75, 3.05) is 19.8 Å². The third-order valence-corrected chi connectivity index (χ3v) is 10.8. The maximum atomic E-state index is 13.4. The van der Waals surface area contributed by atoms with Crippen LogP contribution in [0, 0.1) is 5.92 Å². The van der Waals surface area contributed by atoms with Crippen LogP contribution in [-0.2, 0) is 36.7 Å². The molecule has 0 spiro atoms. The number of aromatic hydroxyl groups is 1. The number of fused-ring (bicyclic) bond motifs is 6. The van der Waals surface area contributed by atoms with Crippen molar-refractivity contribution >= 4 is 35.3 Å². The van der Waals surface area contributed by atoms with Gasteiger partial charge in [0, 0.05) is 32.1 Å². The zero-order valence-corrected chi connectivity index (χ0v) is 30.5. The fraction of sp³-hybridized carbons (Fsp3) is 0.579. The van der Waals surface area contributed by atoms with Crippen LogP contribution in [0.2, 0.25) is 5.02 Å². The van der Waals surface area contributed by atoms with Crippen LogP contribution in [0.25, 0.3) is 0 Å².